The number of aliphatic hydroxyl groups is 1. The Morgan fingerprint density at radius 2 is 2.00 bits per heavy atom. The molecule has 0 unspecified atom stereocenters. The lowest BCUT2D eigenvalue weighted by molar-refractivity contribution is 0.0290. The average molecular weight is 333 g/mol. The summed E-state index contributed by atoms with van der Waals surface area (Å²) < 4.78 is 19.3. The first-order chi connectivity index (χ1) is 10.0. The Bertz CT molecular complexity index is 479. The van der Waals surface area contributed by atoms with Crippen LogP contribution in [-0.4, -0.2) is 49.9 Å². The Kier molecular flexibility index (Phi) is 7.06. The molecule has 0 bridgehead atoms. The summed E-state index contributed by atoms with van der Waals surface area (Å²) in [6.07, 6.45) is 0. The van der Waals surface area contributed by atoms with Crippen molar-refractivity contribution >= 4 is 12.4 Å². The standard InChI is InChI=1S/C16H25FN2O2.ClH/c1-16(2,11-20)15(19-9-7-18-8-10-19)12-5-4-6-13(17)14(12)21-3;/h4-6,15,18,20H,7-11H2,1-3H3;1H/t15-;/m0./s1. The predicted octanol–water partition coefficient (Wildman–Crippen LogP) is 2.22. The third-order valence-electron chi connectivity index (χ3n) is 4.16. The van der Waals surface area contributed by atoms with Gasteiger partial charge in [0.1, 0.15) is 0 Å². The number of hydrogen-bond donors (Lipinski definition) is 2. The van der Waals surface area contributed by atoms with E-state index < -0.39 is 5.41 Å². The number of piperazine rings is 1. The Morgan fingerprint density at radius 1 is 1.36 bits per heavy atom. The molecule has 1 aromatic carbocycles. The summed E-state index contributed by atoms with van der Waals surface area (Å²) >= 11 is 0. The molecule has 1 saturated heterocycles. The number of methoxy groups -OCH3 is 1. The topological polar surface area (TPSA) is 44.7 Å². The van der Waals surface area contributed by atoms with E-state index in [1.165, 1.54) is 13.2 Å². The van der Waals surface area contributed by atoms with E-state index in [4.69, 9.17) is 4.74 Å². The van der Waals surface area contributed by atoms with Gasteiger partial charge in [0.15, 0.2) is 11.6 Å². The van der Waals surface area contributed by atoms with E-state index in [0.717, 1.165) is 31.7 Å². The molecule has 1 heterocycles. The molecule has 0 aliphatic carbocycles. The van der Waals surface area contributed by atoms with Crippen LogP contribution in [0.2, 0.25) is 0 Å². The molecule has 1 fully saturated rings. The highest BCUT2D eigenvalue weighted by Gasteiger charge is 2.37. The van der Waals surface area contributed by atoms with Crippen molar-refractivity contribution in [2.24, 2.45) is 5.41 Å². The Hall–Kier alpha value is -0.880. The van der Waals surface area contributed by atoms with Crippen molar-refractivity contribution in [2.45, 2.75) is 19.9 Å². The highest BCUT2D eigenvalue weighted by atomic mass is 35.5. The summed E-state index contributed by atoms with van der Waals surface area (Å²) in [7, 11) is 1.49. The largest absolute Gasteiger partial charge is 0.493 e. The summed E-state index contributed by atoms with van der Waals surface area (Å²) in [5.74, 6) is -0.0774. The van der Waals surface area contributed by atoms with Gasteiger partial charge in [0.25, 0.3) is 0 Å². The Balaban J connectivity index is 0.00000242. The van der Waals surface area contributed by atoms with Gasteiger partial charge in [-0.05, 0) is 6.07 Å². The maximum Gasteiger partial charge on any atom is 0.165 e. The number of hydrogen-bond acceptors (Lipinski definition) is 4. The smallest absolute Gasteiger partial charge is 0.165 e. The molecule has 2 N–H and O–H groups in total. The number of halogens is 2. The van der Waals surface area contributed by atoms with E-state index in [0.29, 0.717) is 0 Å². The van der Waals surface area contributed by atoms with Crippen LogP contribution in [0.1, 0.15) is 25.5 Å². The summed E-state index contributed by atoms with van der Waals surface area (Å²) in [6, 6.07) is 4.92. The third-order valence-corrected chi connectivity index (χ3v) is 4.16. The minimum Gasteiger partial charge on any atom is -0.493 e. The van der Waals surface area contributed by atoms with Gasteiger partial charge >= 0.3 is 0 Å². The molecular formula is C16H26ClFN2O2. The van der Waals surface area contributed by atoms with E-state index in [2.05, 4.69) is 10.2 Å². The van der Waals surface area contributed by atoms with Gasteiger partial charge < -0.3 is 15.2 Å². The van der Waals surface area contributed by atoms with Crippen LogP contribution in [0.3, 0.4) is 0 Å². The zero-order valence-electron chi connectivity index (χ0n) is 13.4. The molecule has 0 saturated carbocycles. The minimum atomic E-state index is -0.390. The van der Waals surface area contributed by atoms with Crippen LogP contribution in [0.25, 0.3) is 0 Å². The van der Waals surface area contributed by atoms with Crippen LogP contribution >= 0.6 is 12.4 Å². The zero-order valence-corrected chi connectivity index (χ0v) is 14.3. The molecule has 1 atom stereocenters. The Labute approximate surface area is 138 Å². The second-order valence-corrected chi connectivity index (χ2v) is 6.20. The fraction of sp³-hybridized carbons (Fsp3) is 0.625. The molecule has 126 valence electrons. The van der Waals surface area contributed by atoms with E-state index in [9.17, 15) is 9.50 Å². The number of nitrogens with zero attached hydrogens (tertiary/aromatic N) is 1. The third kappa shape index (κ3) is 3.90. The lowest BCUT2D eigenvalue weighted by atomic mass is 9.79. The van der Waals surface area contributed by atoms with Crippen molar-refractivity contribution in [1.82, 2.24) is 10.2 Å². The molecule has 0 aromatic heterocycles. The summed E-state index contributed by atoms with van der Waals surface area (Å²) in [5.41, 5.74) is 0.414. The maximum atomic E-state index is 14.1. The number of rotatable bonds is 5. The van der Waals surface area contributed by atoms with Gasteiger partial charge in [-0.3, -0.25) is 4.90 Å². The molecule has 4 nitrogen and oxygen atoms in total. The second-order valence-electron chi connectivity index (χ2n) is 6.20. The molecule has 6 heteroatoms. The minimum absolute atomic E-state index is 0. The van der Waals surface area contributed by atoms with Crippen molar-refractivity contribution in [3.8, 4) is 5.75 Å². The van der Waals surface area contributed by atoms with Gasteiger partial charge in [-0.25, -0.2) is 4.39 Å². The van der Waals surface area contributed by atoms with Crippen LogP contribution < -0.4 is 10.1 Å². The predicted molar refractivity (Wildman–Crippen MR) is 88.3 cm³/mol. The van der Waals surface area contributed by atoms with E-state index in [-0.39, 0.29) is 36.6 Å². The van der Waals surface area contributed by atoms with Gasteiger partial charge in [0.05, 0.1) is 7.11 Å². The summed E-state index contributed by atoms with van der Waals surface area (Å²) in [4.78, 5) is 2.30. The fourth-order valence-corrected chi connectivity index (χ4v) is 3.09. The summed E-state index contributed by atoms with van der Waals surface area (Å²) in [5, 5.41) is 13.1. The van der Waals surface area contributed by atoms with Gasteiger partial charge in [-0.1, -0.05) is 26.0 Å². The number of para-hydroxylation sites is 1. The first-order valence-electron chi connectivity index (χ1n) is 7.39. The highest BCUT2D eigenvalue weighted by molar-refractivity contribution is 5.85. The van der Waals surface area contributed by atoms with Crippen molar-refractivity contribution in [3.05, 3.63) is 29.6 Å². The molecule has 0 spiro atoms. The van der Waals surface area contributed by atoms with E-state index in [1.54, 1.807) is 6.07 Å². The first-order valence-corrected chi connectivity index (χ1v) is 7.39. The molecule has 22 heavy (non-hydrogen) atoms. The molecule has 1 aromatic rings. The van der Waals surface area contributed by atoms with Crippen LogP contribution in [0.5, 0.6) is 5.75 Å². The lowest BCUT2D eigenvalue weighted by Crippen LogP contribution is -2.49. The lowest BCUT2D eigenvalue weighted by Gasteiger charge is -2.43. The number of aliphatic hydroxyl groups excluding tert-OH is 1. The van der Waals surface area contributed by atoms with Crippen LogP contribution in [0.4, 0.5) is 4.39 Å². The summed E-state index contributed by atoms with van der Waals surface area (Å²) in [6.45, 7) is 7.57. The van der Waals surface area contributed by atoms with Crippen LogP contribution in [0.15, 0.2) is 18.2 Å². The van der Waals surface area contributed by atoms with Crippen molar-refractivity contribution < 1.29 is 14.2 Å². The van der Waals surface area contributed by atoms with E-state index >= 15 is 0 Å². The highest BCUT2D eigenvalue weighted by Crippen LogP contribution is 2.42. The van der Waals surface area contributed by atoms with Crippen LogP contribution in [-0.2, 0) is 0 Å². The number of nitrogens with one attached hydrogen (secondary N) is 1. The maximum absolute atomic E-state index is 14.1. The van der Waals surface area contributed by atoms with Crippen molar-refractivity contribution in [1.29, 1.82) is 0 Å². The first kappa shape index (κ1) is 19.2. The zero-order chi connectivity index (χ0) is 15.5. The molecule has 0 amide bonds. The molecule has 2 rings (SSSR count). The van der Waals surface area contributed by atoms with Gasteiger partial charge in [0, 0.05) is 49.8 Å². The van der Waals surface area contributed by atoms with Gasteiger partial charge in [-0.15, -0.1) is 12.4 Å². The van der Waals surface area contributed by atoms with Crippen molar-refractivity contribution in [3.63, 3.8) is 0 Å². The second kappa shape index (κ2) is 8.11. The normalized spacial score (nSPS) is 17.7. The molecule has 1 aliphatic heterocycles. The number of ether oxygens (including phenoxy) is 1. The molecule has 0 radical (unpaired) electrons. The quantitative estimate of drug-likeness (QED) is 0.868. The Morgan fingerprint density at radius 3 is 2.55 bits per heavy atom. The molecule has 1 aliphatic rings. The monoisotopic (exact) mass is 332 g/mol. The van der Waals surface area contributed by atoms with Gasteiger partial charge in [0.2, 0.25) is 0 Å². The van der Waals surface area contributed by atoms with Gasteiger partial charge in [-0.2, -0.15) is 0 Å². The van der Waals surface area contributed by atoms with Crippen molar-refractivity contribution in [2.75, 3.05) is 39.9 Å². The number of benzene rings is 1. The average Bonchev–Trinajstić information content (AvgIpc) is 2.48. The molecular weight excluding hydrogens is 307 g/mol. The van der Waals surface area contributed by atoms with Crippen LogP contribution in [0, 0.1) is 11.2 Å². The SMILES string of the molecule is COc1c(F)cccc1[C@H](N1CCNCC1)C(C)(C)CO.Cl. The van der Waals surface area contributed by atoms with E-state index in [1.807, 2.05) is 19.9 Å². The fourth-order valence-electron chi connectivity index (χ4n) is 3.09.